The quantitative estimate of drug-likeness (QED) is 0.623. The largest absolute Gasteiger partial charge is 0.495 e. The summed E-state index contributed by atoms with van der Waals surface area (Å²) >= 11 is 1.34. The Morgan fingerprint density at radius 2 is 2.15 bits per heavy atom. The first-order chi connectivity index (χ1) is 9.54. The molecule has 0 bridgehead atoms. The molecule has 1 amide bonds. The van der Waals surface area contributed by atoms with E-state index in [1.807, 2.05) is 6.07 Å². The van der Waals surface area contributed by atoms with Crippen molar-refractivity contribution in [2.24, 2.45) is 5.73 Å². The van der Waals surface area contributed by atoms with E-state index in [9.17, 15) is 9.59 Å². The molecule has 0 heterocycles. The van der Waals surface area contributed by atoms with Crippen molar-refractivity contribution < 1.29 is 19.4 Å². The van der Waals surface area contributed by atoms with Gasteiger partial charge in [-0.2, -0.15) is 11.8 Å². The molecule has 0 saturated heterocycles. The molecular formula is C13H18N2O4S. The molecule has 4 N–H and O–H groups in total. The Morgan fingerprint density at radius 1 is 1.45 bits per heavy atom. The van der Waals surface area contributed by atoms with E-state index in [1.165, 1.54) is 18.9 Å². The van der Waals surface area contributed by atoms with Crippen LogP contribution in [0, 0.1) is 0 Å². The fourth-order valence-corrected chi connectivity index (χ4v) is 2.30. The van der Waals surface area contributed by atoms with Gasteiger partial charge in [-0.3, -0.25) is 9.59 Å². The molecule has 0 fully saturated rings. The first kappa shape index (κ1) is 16.3. The number of rotatable bonds is 8. The summed E-state index contributed by atoms with van der Waals surface area (Å²) in [7, 11) is 1.54. The van der Waals surface area contributed by atoms with E-state index in [-0.39, 0.29) is 18.1 Å². The lowest BCUT2D eigenvalue weighted by atomic mass is 10.3. The average Bonchev–Trinajstić information content (AvgIpc) is 2.43. The van der Waals surface area contributed by atoms with Gasteiger partial charge in [0.05, 0.1) is 12.8 Å². The molecule has 0 spiro atoms. The van der Waals surface area contributed by atoms with Crippen LogP contribution < -0.4 is 15.8 Å². The summed E-state index contributed by atoms with van der Waals surface area (Å²) in [5.74, 6) is 0.224. The number of hydrogen-bond donors (Lipinski definition) is 3. The number of hydrogen-bond acceptors (Lipinski definition) is 5. The van der Waals surface area contributed by atoms with Crippen LogP contribution in [0.2, 0.25) is 0 Å². The third-order valence-corrected chi connectivity index (χ3v) is 3.56. The number of carbonyl (C=O) groups excluding carboxylic acids is 1. The lowest BCUT2D eigenvalue weighted by molar-refractivity contribution is -0.137. The first-order valence-electron chi connectivity index (χ1n) is 6.03. The Morgan fingerprint density at radius 3 is 2.80 bits per heavy atom. The first-order valence-corrected chi connectivity index (χ1v) is 7.19. The van der Waals surface area contributed by atoms with Crippen molar-refractivity contribution in [2.45, 2.75) is 12.5 Å². The number of anilines is 1. The number of para-hydroxylation sites is 2. The normalized spacial score (nSPS) is 11.7. The summed E-state index contributed by atoms with van der Waals surface area (Å²) in [6.07, 6.45) is 0.287. The third-order valence-electron chi connectivity index (χ3n) is 2.47. The highest BCUT2D eigenvalue weighted by Gasteiger charge is 2.11. The van der Waals surface area contributed by atoms with Crippen molar-refractivity contribution in [3.05, 3.63) is 24.3 Å². The maximum Gasteiger partial charge on any atom is 0.321 e. The van der Waals surface area contributed by atoms with E-state index in [4.69, 9.17) is 15.6 Å². The number of thioether (sulfide) groups is 1. The SMILES string of the molecule is COc1ccccc1NC(=O)CCSC[C@H](N)C(=O)O. The standard InChI is InChI=1S/C13H18N2O4S/c1-19-11-5-3-2-4-10(11)15-12(16)6-7-20-8-9(14)13(17)18/h2-5,9H,6-8,14H2,1H3,(H,15,16)(H,17,18)/t9-/m0/s1. The number of nitrogens with two attached hydrogens (primary N) is 1. The Kier molecular flexibility index (Phi) is 6.89. The van der Waals surface area contributed by atoms with E-state index in [0.717, 1.165) is 0 Å². The summed E-state index contributed by atoms with van der Waals surface area (Å²) in [6.45, 7) is 0. The van der Waals surface area contributed by atoms with E-state index in [0.29, 0.717) is 17.2 Å². The highest BCUT2D eigenvalue weighted by atomic mass is 32.2. The molecule has 20 heavy (non-hydrogen) atoms. The Balaban J connectivity index is 2.32. The summed E-state index contributed by atoms with van der Waals surface area (Å²) in [6, 6.07) is 6.24. The second kappa shape index (κ2) is 8.44. The van der Waals surface area contributed by atoms with Gasteiger partial charge in [0.15, 0.2) is 0 Å². The van der Waals surface area contributed by atoms with Crippen LogP contribution in [-0.2, 0) is 9.59 Å². The molecular weight excluding hydrogens is 280 g/mol. The van der Waals surface area contributed by atoms with Gasteiger partial charge in [-0.1, -0.05) is 12.1 Å². The van der Waals surface area contributed by atoms with Crippen LogP contribution in [0.25, 0.3) is 0 Å². The van der Waals surface area contributed by atoms with Gasteiger partial charge in [-0.05, 0) is 12.1 Å². The Labute approximate surface area is 121 Å². The second-order valence-electron chi connectivity index (χ2n) is 4.02. The number of carbonyl (C=O) groups is 2. The molecule has 1 aromatic carbocycles. The lowest BCUT2D eigenvalue weighted by Gasteiger charge is -2.10. The Hall–Kier alpha value is -1.73. The molecule has 0 saturated carbocycles. The maximum atomic E-state index is 11.7. The van der Waals surface area contributed by atoms with Gasteiger partial charge in [-0.25, -0.2) is 0 Å². The minimum absolute atomic E-state index is 0.147. The van der Waals surface area contributed by atoms with Crippen molar-refractivity contribution in [3.63, 3.8) is 0 Å². The van der Waals surface area contributed by atoms with Crippen LogP contribution in [0.1, 0.15) is 6.42 Å². The molecule has 7 heteroatoms. The Bertz CT molecular complexity index is 467. The number of aliphatic carboxylic acids is 1. The molecule has 0 aliphatic heterocycles. The second-order valence-corrected chi connectivity index (χ2v) is 5.17. The molecule has 6 nitrogen and oxygen atoms in total. The molecule has 1 rings (SSSR count). The van der Waals surface area contributed by atoms with Crippen LogP contribution in [-0.4, -0.2) is 41.6 Å². The van der Waals surface area contributed by atoms with Gasteiger partial charge in [0, 0.05) is 17.9 Å². The molecule has 1 atom stereocenters. The van der Waals surface area contributed by atoms with Crippen LogP contribution in [0.15, 0.2) is 24.3 Å². The number of nitrogens with one attached hydrogen (secondary N) is 1. The van der Waals surface area contributed by atoms with E-state index >= 15 is 0 Å². The molecule has 0 aromatic heterocycles. The molecule has 0 unspecified atom stereocenters. The number of carboxylic acids is 1. The van der Waals surface area contributed by atoms with Crippen LogP contribution in [0.4, 0.5) is 5.69 Å². The summed E-state index contributed by atoms with van der Waals surface area (Å²) < 4.78 is 5.13. The highest BCUT2D eigenvalue weighted by molar-refractivity contribution is 7.99. The van der Waals surface area contributed by atoms with E-state index in [1.54, 1.807) is 18.2 Å². The van der Waals surface area contributed by atoms with Gasteiger partial charge >= 0.3 is 5.97 Å². The molecule has 1 aromatic rings. The topological polar surface area (TPSA) is 102 Å². The van der Waals surface area contributed by atoms with Crippen molar-refractivity contribution in [1.29, 1.82) is 0 Å². The van der Waals surface area contributed by atoms with Crippen LogP contribution in [0.5, 0.6) is 5.75 Å². The number of ether oxygens (including phenoxy) is 1. The minimum atomic E-state index is -1.03. The smallest absolute Gasteiger partial charge is 0.321 e. The zero-order chi connectivity index (χ0) is 15.0. The zero-order valence-electron chi connectivity index (χ0n) is 11.2. The molecule has 0 aliphatic carbocycles. The number of benzene rings is 1. The van der Waals surface area contributed by atoms with Gasteiger partial charge in [-0.15, -0.1) is 0 Å². The van der Waals surface area contributed by atoms with E-state index in [2.05, 4.69) is 5.32 Å². The van der Waals surface area contributed by atoms with Crippen molar-refractivity contribution >= 4 is 29.3 Å². The molecule has 0 radical (unpaired) electrons. The van der Waals surface area contributed by atoms with Gasteiger partial charge in [0.1, 0.15) is 11.8 Å². The fourth-order valence-electron chi connectivity index (χ4n) is 1.41. The zero-order valence-corrected chi connectivity index (χ0v) is 12.0. The summed E-state index contributed by atoms with van der Waals surface area (Å²) in [5.41, 5.74) is 5.98. The van der Waals surface area contributed by atoms with Gasteiger partial charge < -0.3 is 20.9 Å². The summed E-state index contributed by atoms with van der Waals surface area (Å²) in [5, 5.41) is 11.4. The third kappa shape index (κ3) is 5.50. The lowest BCUT2D eigenvalue weighted by Crippen LogP contribution is -2.32. The van der Waals surface area contributed by atoms with Crippen LogP contribution >= 0.6 is 11.8 Å². The molecule has 0 aliphatic rings. The predicted octanol–water partition coefficient (Wildman–Crippen LogP) is 1.17. The average molecular weight is 298 g/mol. The highest BCUT2D eigenvalue weighted by Crippen LogP contribution is 2.23. The number of carboxylic acid groups (broad SMARTS) is 1. The van der Waals surface area contributed by atoms with Crippen molar-refractivity contribution in [1.82, 2.24) is 0 Å². The fraction of sp³-hybridized carbons (Fsp3) is 0.385. The van der Waals surface area contributed by atoms with Crippen molar-refractivity contribution in [3.8, 4) is 5.75 Å². The summed E-state index contributed by atoms with van der Waals surface area (Å²) in [4.78, 5) is 22.2. The maximum absolute atomic E-state index is 11.7. The van der Waals surface area contributed by atoms with Gasteiger partial charge in [0.2, 0.25) is 5.91 Å². The van der Waals surface area contributed by atoms with E-state index < -0.39 is 12.0 Å². The van der Waals surface area contributed by atoms with Crippen LogP contribution in [0.3, 0.4) is 0 Å². The molecule has 110 valence electrons. The predicted molar refractivity (Wildman–Crippen MR) is 79.2 cm³/mol. The van der Waals surface area contributed by atoms with Crippen molar-refractivity contribution in [2.75, 3.05) is 23.9 Å². The number of amides is 1. The van der Waals surface area contributed by atoms with Gasteiger partial charge in [0.25, 0.3) is 0 Å². The minimum Gasteiger partial charge on any atom is -0.495 e. The monoisotopic (exact) mass is 298 g/mol. The number of methoxy groups -OCH3 is 1.